The van der Waals surface area contributed by atoms with Crippen molar-refractivity contribution in [3.05, 3.63) is 12.2 Å². The molecule has 2 atom stereocenters. The van der Waals surface area contributed by atoms with Crippen LogP contribution in [-0.4, -0.2) is 19.6 Å². The Labute approximate surface area is 99.4 Å². The van der Waals surface area contributed by atoms with Crippen molar-refractivity contribution < 1.29 is 0 Å². The van der Waals surface area contributed by atoms with Gasteiger partial charge in [0.15, 0.2) is 0 Å². The van der Waals surface area contributed by atoms with E-state index in [1.807, 2.05) is 4.68 Å². The number of nitrogens with zero attached hydrogens (tertiary/aromatic N) is 3. The largest absolute Gasteiger partial charge is 0.250 e. The van der Waals surface area contributed by atoms with Crippen LogP contribution in [0.3, 0.4) is 0 Å². The number of halogens is 1. The third kappa shape index (κ3) is 2.60. The quantitative estimate of drug-likeness (QED) is 0.792. The van der Waals surface area contributed by atoms with Crippen molar-refractivity contribution in [1.82, 2.24) is 14.8 Å². The maximum atomic E-state index is 4.35. The zero-order valence-corrected chi connectivity index (χ0v) is 10.8. The Hall–Kier alpha value is -0.380. The van der Waals surface area contributed by atoms with Crippen LogP contribution in [0.15, 0.2) is 6.33 Å². The Bertz CT molecular complexity index is 311. The summed E-state index contributed by atoms with van der Waals surface area (Å²) in [5.41, 5.74) is 0. The first kappa shape index (κ1) is 11.1. The number of aryl methyl sites for hydroxylation is 1. The molecule has 0 N–H and O–H groups in total. The summed E-state index contributed by atoms with van der Waals surface area (Å²) in [6, 6.07) is 0. The average Bonchev–Trinajstić information content (AvgIpc) is 2.69. The zero-order valence-electron chi connectivity index (χ0n) is 9.19. The second-order valence-corrected chi connectivity index (χ2v) is 5.43. The van der Waals surface area contributed by atoms with Crippen LogP contribution in [0.2, 0.25) is 0 Å². The highest BCUT2D eigenvalue weighted by molar-refractivity contribution is 9.09. The highest BCUT2D eigenvalue weighted by Crippen LogP contribution is 2.31. The fourth-order valence-corrected chi connectivity index (χ4v) is 3.11. The van der Waals surface area contributed by atoms with E-state index in [9.17, 15) is 0 Å². The third-order valence-corrected chi connectivity index (χ3v) is 4.46. The molecule has 0 spiro atoms. The van der Waals surface area contributed by atoms with E-state index in [0.717, 1.165) is 24.7 Å². The van der Waals surface area contributed by atoms with E-state index in [-0.39, 0.29) is 0 Å². The molecule has 1 aromatic rings. The van der Waals surface area contributed by atoms with Gasteiger partial charge in [0, 0.05) is 17.8 Å². The van der Waals surface area contributed by atoms with Crippen LogP contribution in [0.5, 0.6) is 0 Å². The van der Waals surface area contributed by atoms with E-state index in [1.165, 1.54) is 25.7 Å². The Morgan fingerprint density at radius 1 is 1.47 bits per heavy atom. The van der Waals surface area contributed by atoms with E-state index in [2.05, 4.69) is 32.9 Å². The van der Waals surface area contributed by atoms with Crippen molar-refractivity contribution in [2.75, 3.05) is 0 Å². The molecule has 1 heterocycles. The molecule has 0 bridgehead atoms. The molecule has 2 unspecified atom stereocenters. The van der Waals surface area contributed by atoms with Crippen LogP contribution < -0.4 is 0 Å². The normalized spacial score (nSPS) is 26.8. The van der Waals surface area contributed by atoms with Gasteiger partial charge in [0.2, 0.25) is 0 Å². The topological polar surface area (TPSA) is 30.7 Å². The fraction of sp³-hybridized carbons (Fsp3) is 0.818. The summed E-state index contributed by atoms with van der Waals surface area (Å²) in [6.45, 7) is 3.04. The van der Waals surface area contributed by atoms with Gasteiger partial charge in [-0.2, -0.15) is 5.10 Å². The summed E-state index contributed by atoms with van der Waals surface area (Å²) in [5.74, 6) is 1.89. The maximum Gasteiger partial charge on any atom is 0.138 e. The molecule has 0 aliphatic heterocycles. The van der Waals surface area contributed by atoms with Crippen molar-refractivity contribution in [1.29, 1.82) is 0 Å². The molecule has 0 aromatic carbocycles. The summed E-state index contributed by atoms with van der Waals surface area (Å²) >= 11 is 3.79. The molecule has 1 saturated carbocycles. The lowest BCUT2D eigenvalue weighted by molar-refractivity contribution is 0.362. The Morgan fingerprint density at radius 2 is 2.27 bits per heavy atom. The van der Waals surface area contributed by atoms with Gasteiger partial charge in [0.25, 0.3) is 0 Å². The van der Waals surface area contributed by atoms with Gasteiger partial charge in [-0.1, -0.05) is 28.8 Å². The van der Waals surface area contributed by atoms with E-state index in [4.69, 9.17) is 0 Å². The van der Waals surface area contributed by atoms with Gasteiger partial charge in [0.05, 0.1) is 0 Å². The monoisotopic (exact) mass is 271 g/mol. The van der Waals surface area contributed by atoms with E-state index < -0.39 is 0 Å². The highest BCUT2D eigenvalue weighted by Gasteiger charge is 2.24. The second kappa shape index (κ2) is 5.10. The van der Waals surface area contributed by atoms with E-state index >= 15 is 0 Å². The van der Waals surface area contributed by atoms with Gasteiger partial charge in [-0.3, -0.25) is 4.68 Å². The van der Waals surface area contributed by atoms with Gasteiger partial charge in [-0.25, -0.2) is 4.98 Å². The fourth-order valence-electron chi connectivity index (χ4n) is 2.34. The summed E-state index contributed by atoms with van der Waals surface area (Å²) in [5, 5.41) is 4.22. The second-order valence-electron chi connectivity index (χ2n) is 4.26. The smallest absolute Gasteiger partial charge is 0.138 e. The lowest BCUT2D eigenvalue weighted by Gasteiger charge is -2.26. The predicted molar refractivity (Wildman–Crippen MR) is 64.1 cm³/mol. The minimum absolute atomic E-state index is 0.674. The lowest BCUT2D eigenvalue weighted by atomic mass is 9.86. The predicted octanol–water partition coefficient (Wildman–Crippen LogP) is 2.79. The van der Waals surface area contributed by atoms with Gasteiger partial charge >= 0.3 is 0 Å². The van der Waals surface area contributed by atoms with Gasteiger partial charge in [-0.15, -0.1) is 0 Å². The van der Waals surface area contributed by atoms with Crippen molar-refractivity contribution in [2.24, 2.45) is 5.92 Å². The van der Waals surface area contributed by atoms with Crippen LogP contribution in [0.1, 0.15) is 38.4 Å². The molecule has 1 aromatic heterocycles. The van der Waals surface area contributed by atoms with E-state index in [0.29, 0.717) is 4.83 Å². The lowest BCUT2D eigenvalue weighted by Crippen LogP contribution is -2.23. The summed E-state index contributed by atoms with van der Waals surface area (Å²) in [7, 11) is 0. The maximum absolute atomic E-state index is 4.35. The summed E-state index contributed by atoms with van der Waals surface area (Å²) in [6.07, 6.45) is 8.12. The first-order valence-electron chi connectivity index (χ1n) is 5.82. The standard InChI is InChI=1S/C11H18BrN3/c1-2-15-11(13-8-14-15)7-9-5-3-4-6-10(9)12/h8-10H,2-7H2,1H3. The number of alkyl halides is 1. The minimum Gasteiger partial charge on any atom is -0.250 e. The van der Waals surface area contributed by atoms with Crippen LogP contribution in [0.25, 0.3) is 0 Å². The molecule has 0 amide bonds. The summed E-state index contributed by atoms with van der Waals surface area (Å²) < 4.78 is 2.01. The van der Waals surface area contributed by atoms with Gasteiger partial charge < -0.3 is 0 Å². The molecule has 1 aliphatic carbocycles. The molecule has 4 heteroatoms. The van der Waals surface area contributed by atoms with Crippen molar-refractivity contribution in [2.45, 2.75) is 50.4 Å². The number of aromatic nitrogens is 3. The third-order valence-electron chi connectivity index (χ3n) is 3.26. The Balaban J connectivity index is 2.01. The average molecular weight is 272 g/mol. The highest BCUT2D eigenvalue weighted by atomic mass is 79.9. The first-order valence-corrected chi connectivity index (χ1v) is 6.73. The summed E-state index contributed by atoms with van der Waals surface area (Å²) in [4.78, 5) is 5.02. The molecule has 15 heavy (non-hydrogen) atoms. The van der Waals surface area contributed by atoms with Gasteiger partial charge in [-0.05, 0) is 25.7 Å². The number of rotatable bonds is 3. The van der Waals surface area contributed by atoms with Crippen LogP contribution in [0, 0.1) is 5.92 Å². The number of hydrogen-bond acceptors (Lipinski definition) is 2. The van der Waals surface area contributed by atoms with Crippen LogP contribution in [0.4, 0.5) is 0 Å². The van der Waals surface area contributed by atoms with Crippen molar-refractivity contribution in [3.8, 4) is 0 Å². The minimum atomic E-state index is 0.674. The van der Waals surface area contributed by atoms with E-state index in [1.54, 1.807) is 6.33 Å². The van der Waals surface area contributed by atoms with Crippen LogP contribution >= 0.6 is 15.9 Å². The molecule has 84 valence electrons. The van der Waals surface area contributed by atoms with Crippen molar-refractivity contribution >= 4 is 15.9 Å². The van der Waals surface area contributed by atoms with Crippen molar-refractivity contribution in [3.63, 3.8) is 0 Å². The van der Waals surface area contributed by atoms with Gasteiger partial charge in [0.1, 0.15) is 12.2 Å². The molecular weight excluding hydrogens is 254 g/mol. The zero-order chi connectivity index (χ0) is 10.7. The Kier molecular flexibility index (Phi) is 3.78. The first-order chi connectivity index (χ1) is 7.31. The molecule has 0 saturated heterocycles. The molecule has 1 aliphatic rings. The molecule has 1 fully saturated rings. The molecule has 0 radical (unpaired) electrons. The number of hydrogen-bond donors (Lipinski definition) is 0. The molecular formula is C11H18BrN3. The van der Waals surface area contributed by atoms with Crippen LogP contribution in [-0.2, 0) is 13.0 Å². The molecule has 2 rings (SSSR count). The Morgan fingerprint density at radius 3 is 3.00 bits per heavy atom. The SMILES string of the molecule is CCn1ncnc1CC1CCCCC1Br. The molecule has 3 nitrogen and oxygen atoms in total.